The maximum atomic E-state index is 6.15. The summed E-state index contributed by atoms with van der Waals surface area (Å²) in [7, 11) is 0. The predicted molar refractivity (Wildman–Crippen MR) is 87.1 cm³/mol. The lowest BCUT2D eigenvalue weighted by atomic mass is 10.1. The molecule has 0 bridgehead atoms. The first-order chi connectivity index (χ1) is 9.83. The van der Waals surface area contributed by atoms with Crippen LogP contribution in [0.2, 0.25) is 5.02 Å². The summed E-state index contributed by atoms with van der Waals surface area (Å²) in [4.78, 5) is 4.32. The standard InChI is InChI=1S/C17H21ClN2O/c1-12-5-7-15(14(18)9-12)21-16-8-6-13(10-19-16)11-20-17(2,3)4/h5-10,20H,11H2,1-4H3. The van der Waals surface area contributed by atoms with Crippen molar-refractivity contribution in [3.63, 3.8) is 0 Å². The molecule has 2 rings (SSSR count). The van der Waals surface area contributed by atoms with E-state index in [4.69, 9.17) is 16.3 Å². The number of hydrogen-bond acceptors (Lipinski definition) is 3. The van der Waals surface area contributed by atoms with Gasteiger partial charge in [-0.3, -0.25) is 0 Å². The van der Waals surface area contributed by atoms with E-state index in [1.807, 2.05) is 43.5 Å². The van der Waals surface area contributed by atoms with Crippen LogP contribution in [-0.4, -0.2) is 10.5 Å². The summed E-state index contributed by atoms with van der Waals surface area (Å²) in [6.45, 7) is 9.18. The molecule has 1 N–H and O–H groups in total. The highest BCUT2D eigenvalue weighted by molar-refractivity contribution is 6.32. The minimum atomic E-state index is 0.0879. The second-order valence-corrected chi connectivity index (χ2v) is 6.55. The fraction of sp³-hybridized carbons (Fsp3) is 0.353. The molecule has 0 amide bonds. The molecule has 1 aromatic heterocycles. The van der Waals surface area contributed by atoms with Crippen LogP contribution < -0.4 is 10.1 Å². The number of nitrogens with one attached hydrogen (secondary N) is 1. The molecule has 0 aliphatic carbocycles. The number of hydrogen-bond donors (Lipinski definition) is 1. The van der Waals surface area contributed by atoms with E-state index < -0.39 is 0 Å². The van der Waals surface area contributed by atoms with E-state index in [0.29, 0.717) is 16.7 Å². The van der Waals surface area contributed by atoms with Crippen LogP contribution in [0, 0.1) is 6.92 Å². The Hall–Kier alpha value is -1.58. The van der Waals surface area contributed by atoms with Gasteiger partial charge in [-0.05, 0) is 51.0 Å². The molecule has 2 aromatic rings. The summed E-state index contributed by atoms with van der Waals surface area (Å²) < 4.78 is 5.70. The number of halogens is 1. The van der Waals surface area contributed by atoms with Gasteiger partial charge in [-0.25, -0.2) is 4.98 Å². The van der Waals surface area contributed by atoms with Gasteiger partial charge in [0.2, 0.25) is 5.88 Å². The molecule has 0 aliphatic heterocycles. The fourth-order valence-corrected chi connectivity index (χ4v) is 2.02. The molecule has 21 heavy (non-hydrogen) atoms. The number of nitrogens with zero attached hydrogens (tertiary/aromatic N) is 1. The average molecular weight is 305 g/mol. The van der Waals surface area contributed by atoms with Crippen molar-refractivity contribution in [1.82, 2.24) is 10.3 Å². The lowest BCUT2D eigenvalue weighted by Gasteiger charge is -2.20. The van der Waals surface area contributed by atoms with Crippen LogP contribution in [0.3, 0.4) is 0 Å². The largest absolute Gasteiger partial charge is 0.437 e. The van der Waals surface area contributed by atoms with Crippen molar-refractivity contribution in [3.8, 4) is 11.6 Å². The first-order valence-electron chi connectivity index (χ1n) is 6.97. The van der Waals surface area contributed by atoms with Gasteiger partial charge in [-0.15, -0.1) is 0 Å². The van der Waals surface area contributed by atoms with E-state index in [1.165, 1.54) is 0 Å². The summed E-state index contributed by atoms with van der Waals surface area (Å²) >= 11 is 6.15. The van der Waals surface area contributed by atoms with Crippen molar-refractivity contribution in [2.24, 2.45) is 0 Å². The van der Waals surface area contributed by atoms with Gasteiger partial charge in [0, 0.05) is 24.3 Å². The zero-order chi connectivity index (χ0) is 15.5. The maximum absolute atomic E-state index is 6.15. The van der Waals surface area contributed by atoms with Crippen LogP contribution in [0.4, 0.5) is 0 Å². The summed E-state index contributed by atoms with van der Waals surface area (Å²) in [5.74, 6) is 1.16. The molecule has 112 valence electrons. The van der Waals surface area contributed by atoms with Gasteiger partial charge in [-0.1, -0.05) is 23.7 Å². The average Bonchev–Trinajstić information content (AvgIpc) is 2.40. The first kappa shape index (κ1) is 15.8. The Bertz CT molecular complexity index is 603. The summed E-state index contributed by atoms with van der Waals surface area (Å²) in [6.07, 6.45) is 1.82. The molecule has 0 atom stereocenters. The highest BCUT2D eigenvalue weighted by atomic mass is 35.5. The van der Waals surface area contributed by atoms with Gasteiger partial charge in [0.25, 0.3) is 0 Å². The molecule has 0 saturated heterocycles. The van der Waals surface area contributed by atoms with Crippen LogP contribution in [0.1, 0.15) is 31.9 Å². The number of aromatic nitrogens is 1. The Labute approximate surface area is 131 Å². The van der Waals surface area contributed by atoms with Gasteiger partial charge in [0.05, 0.1) is 5.02 Å². The molecule has 1 aromatic carbocycles. The second-order valence-electron chi connectivity index (χ2n) is 6.14. The van der Waals surface area contributed by atoms with Crippen LogP contribution in [0.25, 0.3) is 0 Å². The van der Waals surface area contributed by atoms with Crippen LogP contribution >= 0.6 is 11.6 Å². The van der Waals surface area contributed by atoms with E-state index in [9.17, 15) is 0 Å². The van der Waals surface area contributed by atoms with Crippen molar-refractivity contribution in [2.75, 3.05) is 0 Å². The third kappa shape index (κ3) is 5.03. The number of rotatable bonds is 4. The third-order valence-electron chi connectivity index (χ3n) is 2.92. The number of benzene rings is 1. The zero-order valence-electron chi connectivity index (χ0n) is 12.9. The normalized spacial score (nSPS) is 11.5. The van der Waals surface area contributed by atoms with Crippen molar-refractivity contribution < 1.29 is 4.74 Å². The Kier molecular flexibility index (Phi) is 4.86. The predicted octanol–water partition coefficient (Wildman–Crippen LogP) is 4.72. The quantitative estimate of drug-likeness (QED) is 0.887. The Morgan fingerprint density at radius 1 is 1.19 bits per heavy atom. The smallest absolute Gasteiger partial charge is 0.219 e. The van der Waals surface area contributed by atoms with Crippen molar-refractivity contribution in [2.45, 2.75) is 39.8 Å². The first-order valence-corrected chi connectivity index (χ1v) is 7.35. The number of pyridine rings is 1. The monoisotopic (exact) mass is 304 g/mol. The molecule has 0 aliphatic rings. The third-order valence-corrected chi connectivity index (χ3v) is 3.22. The highest BCUT2D eigenvalue weighted by Gasteiger charge is 2.09. The minimum absolute atomic E-state index is 0.0879. The van der Waals surface area contributed by atoms with Gasteiger partial charge in [-0.2, -0.15) is 0 Å². The summed E-state index contributed by atoms with van der Waals surface area (Å²) in [5, 5.41) is 4.01. The van der Waals surface area contributed by atoms with E-state index in [1.54, 1.807) is 0 Å². The van der Waals surface area contributed by atoms with E-state index in [-0.39, 0.29) is 5.54 Å². The number of ether oxygens (including phenoxy) is 1. The molecule has 1 heterocycles. The minimum Gasteiger partial charge on any atom is -0.437 e. The summed E-state index contributed by atoms with van der Waals surface area (Å²) in [5.41, 5.74) is 2.31. The Morgan fingerprint density at radius 3 is 2.52 bits per heavy atom. The van der Waals surface area contributed by atoms with E-state index in [0.717, 1.165) is 17.7 Å². The molecule has 0 fully saturated rings. The Balaban J connectivity index is 2.02. The molecular weight excluding hydrogens is 284 g/mol. The molecule has 0 radical (unpaired) electrons. The Morgan fingerprint density at radius 2 is 1.95 bits per heavy atom. The molecular formula is C17H21ClN2O. The number of aryl methyl sites for hydroxylation is 1. The maximum Gasteiger partial charge on any atom is 0.219 e. The molecule has 4 heteroatoms. The van der Waals surface area contributed by atoms with Crippen LogP contribution in [0.15, 0.2) is 36.5 Å². The molecule has 3 nitrogen and oxygen atoms in total. The van der Waals surface area contributed by atoms with Crippen molar-refractivity contribution >= 4 is 11.6 Å². The molecule has 0 spiro atoms. The molecule has 0 saturated carbocycles. The van der Waals surface area contributed by atoms with Crippen molar-refractivity contribution in [3.05, 3.63) is 52.7 Å². The highest BCUT2D eigenvalue weighted by Crippen LogP contribution is 2.29. The zero-order valence-corrected chi connectivity index (χ0v) is 13.7. The van der Waals surface area contributed by atoms with Crippen molar-refractivity contribution in [1.29, 1.82) is 0 Å². The van der Waals surface area contributed by atoms with Gasteiger partial charge >= 0.3 is 0 Å². The van der Waals surface area contributed by atoms with Gasteiger partial charge in [0.1, 0.15) is 5.75 Å². The van der Waals surface area contributed by atoms with E-state index in [2.05, 4.69) is 31.1 Å². The lowest BCUT2D eigenvalue weighted by Crippen LogP contribution is -2.35. The van der Waals surface area contributed by atoms with E-state index >= 15 is 0 Å². The lowest BCUT2D eigenvalue weighted by molar-refractivity contribution is 0.423. The fourth-order valence-electron chi connectivity index (χ4n) is 1.74. The topological polar surface area (TPSA) is 34.1 Å². The van der Waals surface area contributed by atoms with Crippen LogP contribution in [-0.2, 0) is 6.54 Å². The summed E-state index contributed by atoms with van der Waals surface area (Å²) in [6, 6.07) is 9.55. The van der Waals surface area contributed by atoms with Gasteiger partial charge < -0.3 is 10.1 Å². The SMILES string of the molecule is Cc1ccc(Oc2ccc(CNC(C)(C)C)cn2)c(Cl)c1. The second kappa shape index (κ2) is 6.46. The van der Waals surface area contributed by atoms with Gasteiger partial charge in [0.15, 0.2) is 0 Å². The molecule has 0 unspecified atom stereocenters. The van der Waals surface area contributed by atoms with Crippen LogP contribution in [0.5, 0.6) is 11.6 Å².